The molecule has 0 radical (unpaired) electrons. The molecule has 0 unspecified atom stereocenters. The number of carboxylic acids is 1. The number of nitrogens with zero attached hydrogens (tertiary/aromatic N) is 2. The highest BCUT2D eigenvalue weighted by atomic mass is 35.5. The number of hydrogen-bond donors (Lipinski definition) is 0. The summed E-state index contributed by atoms with van der Waals surface area (Å²) in [6, 6.07) is 8.83. The summed E-state index contributed by atoms with van der Waals surface area (Å²) < 4.78 is 12.3. The highest BCUT2D eigenvalue weighted by Gasteiger charge is 2.14. The van der Waals surface area contributed by atoms with Crippen molar-refractivity contribution in [2.45, 2.75) is 0 Å². The van der Waals surface area contributed by atoms with E-state index in [1.54, 1.807) is 49.1 Å². The van der Waals surface area contributed by atoms with Crippen molar-refractivity contribution < 1.29 is 19.4 Å². The number of aromatic nitrogens is 2. The first-order valence-electron chi connectivity index (χ1n) is 7.32. The summed E-state index contributed by atoms with van der Waals surface area (Å²) in [7, 11) is 3.10. The summed E-state index contributed by atoms with van der Waals surface area (Å²) in [5.74, 6) is -0.162. The van der Waals surface area contributed by atoms with Crippen LogP contribution in [0, 0.1) is 0 Å². The lowest BCUT2D eigenvalue weighted by atomic mass is 10.1. The summed E-state index contributed by atoms with van der Waals surface area (Å²) in [5, 5.41) is 11.3. The van der Waals surface area contributed by atoms with Gasteiger partial charge in [0.15, 0.2) is 11.5 Å². The van der Waals surface area contributed by atoms with E-state index in [1.807, 2.05) is 6.07 Å². The van der Waals surface area contributed by atoms with Crippen LogP contribution >= 0.6 is 11.6 Å². The fraction of sp³-hybridized carbons (Fsp3) is 0.111. The van der Waals surface area contributed by atoms with Gasteiger partial charge in [-0.25, -0.2) is 4.98 Å². The van der Waals surface area contributed by atoms with Gasteiger partial charge in [0.05, 0.1) is 36.6 Å². The highest BCUT2D eigenvalue weighted by molar-refractivity contribution is 6.30. The van der Waals surface area contributed by atoms with Crippen molar-refractivity contribution in [1.29, 1.82) is 0 Å². The van der Waals surface area contributed by atoms with E-state index in [2.05, 4.69) is 4.98 Å². The monoisotopic (exact) mass is 357 g/mol. The minimum absolute atomic E-state index is 0.506. The quantitative estimate of drug-likeness (QED) is 0.655. The van der Waals surface area contributed by atoms with E-state index < -0.39 is 5.97 Å². The molecule has 0 spiro atoms. The van der Waals surface area contributed by atoms with Gasteiger partial charge in [-0.2, -0.15) is 0 Å². The molecule has 0 atom stereocenters. The number of hydrogen-bond acceptors (Lipinski definition) is 5. The standard InChI is InChI=1S/C18H15ClN2O4/c1-24-14-6-3-11(9-15(14)25-2)18-13(5-8-17(22)23)21-10-12(19)4-7-16(21)20-18/h3-10H,1-2H3,(H,22,23)/p-1/b8-5+. The SMILES string of the molecule is COc1ccc(-c2nc3ccc(Cl)cn3c2/C=C/C(=O)[O-])cc1OC. The van der Waals surface area contributed by atoms with Gasteiger partial charge in [0.2, 0.25) is 0 Å². The van der Waals surface area contributed by atoms with E-state index >= 15 is 0 Å². The first-order valence-corrected chi connectivity index (χ1v) is 7.70. The molecule has 7 heteroatoms. The van der Waals surface area contributed by atoms with Crippen LogP contribution in [-0.2, 0) is 4.79 Å². The molecule has 0 aliphatic heterocycles. The number of pyridine rings is 1. The lowest BCUT2D eigenvalue weighted by Crippen LogP contribution is -2.18. The van der Waals surface area contributed by atoms with Gasteiger partial charge in [-0.15, -0.1) is 0 Å². The van der Waals surface area contributed by atoms with Crippen LogP contribution in [0.5, 0.6) is 11.5 Å². The summed E-state index contributed by atoms with van der Waals surface area (Å²) in [6.07, 6.45) is 4.05. The molecule has 0 amide bonds. The lowest BCUT2D eigenvalue weighted by molar-refractivity contribution is -0.297. The van der Waals surface area contributed by atoms with Crippen LogP contribution in [0.1, 0.15) is 5.69 Å². The molecule has 0 N–H and O–H groups in total. The number of rotatable bonds is 5. The number of imidazole rings is 1. The maximum atomic E-state index is 10.8. The van der Waals surface area contributed by atoms with Crippen molar-refractivity contribution in [3.63, 3.8) is 0 Å². The molecule has 128 valence electrons. The highest BCUT2D eigenvalue weighted by Crippen LogP contribution is 2.34. The van der Waals surface area contributed by atoms with E-state index in [0.717, 1.165) is 11.6 Å². The lowest BCUT2D eigenvalue weighted by Gasteiger charge is -2.09. The Morgan fingerprint density at radius 1 is 1.20 bits per heavy atom. The van der Waals surface area contributed by atoms with Gasteiger partial charge in [-0.3, -0.25) is 4.40 Å². The molecule has 0 saturated heterocycles. The first kappa shape index (κ1) is 16.9. The van der Waals surface area contributed by atoms with E-state index in [9.17, 15) is 9.90 Å². The van der Waals surface area contributed by atoms with Crippen LogP contribution in [0.4, 0.5) is 0 Å². The molecule has 0 bridgehead atoms. The van der Waals surface area contributed by atoms with E-state index in [1.165, 1.54) is 6.08 Å². The Morgan fingerprint density at radius 2 is 1.96 bits per heavy atom. The van der Waals surface area contributed by atoms with Crippen molar-refractivity contribution >= 4 is 29.3 Å². The molecule has 3 rings (SSSR count). The van der Waals surface area contributed by atoms with Gasteiger partial charge in [0, 0.05) is 11.8 Å². The van der Waals surface area contributed by atoms with E-state index in [-0.39, 0.29) is 0 Å². The molecular formula is C18H14ClN2O4-. The normalized spacial score (nSPS) is 11.2. The van der Waals surface area contributed by atoms with E-state index in [0.29, 0.717) is 33.6 Å². The van der Waals surface area contributed by atoms with Crippen molar-refractivity contribution in [2.75, 3.05) is 14.2 Å². The number of ether oxygens (including phenoxy) is 2. The predicted octanol–water partition coefficient (Wildman–Crippen LogP) is 2.44. The molecule has 3 aromatic rings. The Labute approximate surface area is 148 Å². The second kappa shape index (κ2) is 6.86. The number of aliphatic carboxylic acids is 1. The zero-order chi connectivity index (χ0) is 18.0. The Morgan fingerprint density at radius 3 is 2.64 bits per heavy atom. The van der Waals surface area contributed by atoms with Crippen LogP contribution < -0.4 is 14.6 Å². The zero-order valence-electron chi connectivity index (χ0n) is 13.5. The summed E-state index contributed by atoms with van der Waals surface area (Å²) >= 11 is 6.06. The van der Waals surface area contributed by atoms with Gasteiger partial charge in [0.25, 0.3) is 0 Å². The van der Waals surface area contributed by atoms with Crippen LogP contribution in [-0.4, -0.2) is 29.6 Å². The fourth-order valence-corrected chi connectivity index (χ4v) is 2.70. The first-order chi connectivity index (χ1) is 12.0. The maximum Gasteiger partial charge on any atom is 0.161 e. The average molecular weight is 358 g/mol. The third-order valence-corrected chi connectivity index (χ3v) is 3.88. The average Bonchev–Trinajstić information content (AvgIpc) is 2.96. The predicted molar refractivity (Wildman–Crippen MR) is 92.8 cm³/mol. The summed E-state index contributed by atoms with van der Waals surface area (Å²) in [4.78, 5) is 15.4. The minimum atomic E-state index is -1.30. The number of carboxylic acid groups (broad SMARTS) is 1. The van der Waals surface area contributed by atoms with Gasteiger partial charge in [-0.05, 0) is 42.5 Å². The Kier molecular flexibility index (Phi) is 4.63. The second-order valence-electron chi connectivity index (χ2n) is 5.14. The number of halogens is 1. The molecular weight excluding hydrogens is 344 g/mol. The maximum absolute atomic E-state index is 10.8. The molecule has 1 aromatic carbocycles. The number of carbonyl (C=O) groups is 1. The summed E-state index contributed by atoms with van der Waals surface area (Å²) in [5.41, 5.74) is 2.53. The number of benzene rings is 1. The molecule has 6 nitrogen and oxygen atoms in total. The smallest absolute Gasteiger partial charge is 0.161 e. The third-order valence-electron chi connectivity index (χ3n) is 3.65. The second-order valence-corrected chi connectivity index (χ2v) is 5.58. The van der Waals surface area contributed by atoms with Crippen LogP contribution in [0.3, 0.4) is 0 Å². The number of carbonyl (C=O) groups excluding carboxylic acids is 1. The van der Waals surface area contributed by atoms with Gasteiger partial charge < -0.3 is 19.4 Å². The Hall–Kier alpha value is -2.99. The zero-order valence-corrected chi connectivity index (χ0v) is 14.3. The van der Waals surface area contributed by atoms with Crippen molar-refractivity contribution in [3.05, 3.63) is 53.3 Å². The van der Waals surface area contributed by atoms with Crippen LogP contribution in [0.15, 0.2) is 42.6 Å². The molecule has 2 aromatic heterocycles. The van der Waals surface area contributed by atoms with Crippen molar-refractivity contribution in [3.8, 4) is 22.8 Å². The van der Waals surface area contributed by atoms with Crippen molar-refractivity contribution in [1.82, 2.24) is 9.38 Å². The van der Waals surface area contributed by atoms with Gasteiger partial charge >= 0.3 is 0 Å². The fourth-order valence-electron chi connectivity index (χ4n) is 2.54. The molecule has 0 fully saturated rings. The van der Waals surface area contributed by atoms with Gasteiger partial charge in [0.1, 0.15) is 5.65 Å². The van der Waals surface area contributed by atoms with Crippen molar-refractivity contribution in [2.24, 2.45) is 0 Å². The van der Waals surface area contributed by atoms with E-state index in [4.69, 9.17) is 21.1 Å². The molecule has 0 saturated carbocycles. The molecule has 0 aliphatic rings. The topological polar surface area (TPSA) is 75.9 Å². The number of fused-ring (bicyclic) bond motifs is 1. The molecule has 25 heavy (non-hydrogen) atoms. The third kappa shape index (κ3) is 3.29. The Bertz CT molecular complexity index is 979. The number of methoxy groups -OCH3 is 2. The molecule has 2 heterocycles. The van der Waals surface area contributed by atoms with Crippen LogP contribution in [0.2, 0.25) is 5.02 Å². The Balaban J connectivity index is 2.24. The largest absolute Gasteiger partial charge is 0.545 e. The summed E-state index contributed by atoms with van der Waals surface area (Å²) in [6.45, 7) is 0. The van der Waals surface area contributed by atoms with Gasteiger partial charge in [-0.1, -0.05) is 11.6 Å². The molecule has 0 aliphatic carbocycles. The van der Waals surface area contributed by atoms with Crippen LogP contribution in [0.25, 0.3) is 23.0 Å². The minimum Gasteiger partial charge on any atom is -0.545 e.